The van der Waals surface area contributed by atoms with Gasteiger partial charge in [0, 0.05) is 24.4 Å². The number of hydrogen-bond acceptors (Lipinski definition) is 7. The molecule has 0 spiro atoms. The number of nitro benzene ring substituents is 1. The number of nitrogens with one attached hydrogen (secondary N) is 1. The minimum atomic E-state index is -1.51. The summed E-state index contributed by atoms with van der Waals surface area (Å²) in [6, 6.07) is 12.4. The quantitative estimate of drug-likeness (QED) is 0.192. The Morgan fingerprint density at radius 2 is 1.76 bits per heavy atom. The van der Waals surface area contributed by atoms with Crippen LogP contribution < -0.4 is 5.32 Å². The third-order valence-electron chi connectivity index (χ3n) is 5.09. The van der Waals surface area contributed by atoms with Crippen LogP contribution in [-0.4, -0.2) is 32.4 Å². The van der Waals surface area contributed by atoms with Gasteiger partial charge in [-0.2, -0.15) is 5.10 Å². The van der Waals surface area contributed by atoms with E-state index >= 15 is 0 Å². The second-order valence-electron chi connectivity index (χ2n) is 7.46. The van der Waals surface area contributed by atoms with E-state index in [1.807, 2.05) is 0 Å². The highest BCUT2D eigenvalue weighted by Crippen LogP contribution is 2.28. The van der Waals surface area contributed by atoms with Crippen LogP contribution in [0.3, 0.4) is 0 Å². The molecule has 1 unspecified atom stereocenters. The zero-order valence-corrected chi connectivity index (χ0v) is 18.5. The van der Waals surface area contributed by atoms with Crippen LogP contribution in [0.2, 0.25) is 0 Å². The molecule has 3 aromatic rings. The van der Waals surface area contributed by atoms with Crippen molar-refractivity contribution < 1.29 is 24.0 Å². The number of anilines is 1. The van der Waals surface area contributed by atoms with Crippen molar-refractivity contribution in [2.75, 3.05) is 5.32 Å². The van der Waals surface area contributed by atoms with Crippen LogP contribution in [0, 0.1) is 30.9 Å². The van der Waals surface area contributed by atoms with E-state index in [0.29, 0.717) is 22.5 Å². The van der Waals surface area contributed by atoms with E-state index in [2.05, 4.69) is 10.4 Å². The lowest BCUT2D eigenvalue weighted by molar-refractivity contribution is -0.384. The zero-order valence-electron chi connectivity index (χ0n) is 18.5. The molecule has 1 N–H and O–H groups in total. The Labute approximate surface area is 189 Å². The van der Waals surface area contributed by atoms with Crippen molar-refractivity contribution in [1.82, 2.24) is 9.78 Å². The lowest BCUT2D eigenvalue weighted by atomic mass is 10.1. The average Bonchev–Trinajstić information content (AvgIpc) is 3.04. The van der Waals surface area contributed by atoms with Crippen molar-refractivity contribution in [2.24, 2.45) is 7.05 Å². The molecule has 2 aromatic carbocycles. The van der Waals surface area contributed by atoms with Crippen LogP contribution in [0.15, 0.2) is 48.5 Å². The van der Waals surface area contributed by atoms with E-state index in [4.69, 9.17) is 4.74 Å². The fourth-order valence-corrected chi connectivity index (χ4v) is 3.36. The number of esters is 1. The second-order valence-corrected chi connectivity index (χ2v) is 7.46. The van der Waals surface area contributed by atoms with E-state index in [9.17, 15) is 24.5 Å². The van der Waals surface area contributed by atoms with Crippen molar-refractivity contribution in [3.05, 3.63) is 86.7 Å². The highest BCUT2D eigenvalue weighted by molar-refractivity contribution is 6.41. The maximum atomic E-state index is 13.1. The number of carbonyl (C=O) groups excluding carboxylic acids is 3. The van der Waals surface area contributed by atoms with Gasteiger partial charge >= 0.3 is 5.97 Å². The van der Waals surface area contributed by atoms with Crippen LogP contribution in [0.4, 0.5) is 11.4 Å². The van der Waals surface area contributed by atoms with Gasteiger partial charge in [0.2, 0.25) is 6.10 Å². The number of Topliss-reactive ketones (excluding diaryl/α,β-unsaturated/α-hetero) is 1. The highest BCUT2D eigenvalue weighted by atomic mass is 16.6. The van der Waals surface area contributed by atoms with Crippen molar-refractivity contribution in [1.29, 1.82) is 0 Å². The molecule has 0 radical (unpaired) electrons. The van der Waals surface area contributed by atoms with Gasteiger partial charge in [-0.25, -0.2) is 4.79 Å². The fourth-order valence-electron chi connectivity index (χ4n) is 3.36. The Morgan fingerprint density at radius 1 is 1.09 bits per heavy atom. The summed E-state index contributed by atoms with van der Waals surface area (Å²) in [5.74, 6) is -3.02. The molecule has 1 atom stereocenters. The number of aryl methyl sites for hydroxylation is 3. The number of ether oxygens (including phenoxy) is 1. The summed E-state index contributed by atoms with van der Waals surface area (Å²) in [4.78, 5) is 49.3. The van der Waals surface area contributed by atoms with E-state index in [1.54, 1.807) is 64.2 Å². The third-order valence-corrected chi connectivity index (χ3v) is 5.09. The first-order valence-electron chi connectivity index (χ1n) is 9.96. The van der Waals surface area contributed by atoms with Crippen LogP contribution >= 0.6 is 0 Å². The van der Waals surface area contributed by atoms with Gasteiger partial charge in [0.25, 0.3) is 17.4 Å². The molecule has 1 heterocycles. The molecular formula is C23H22N4O6. The first-order chi connectivity index (χ1) is 15.6. The maximum Gasteiger partial charge on any atom is 0.380 e. The summed E-state index contributed by atoms with van der Waals surface area (Å²) in [6.07, 6.45) is -1.51. The predicted molar refractivity (Wildman–Crippen MR) is 119 cm³/mol. The molecule has 33 heavy (non-hydrogen) atoms. The topological polar surface area (TPSA) is 133 Å². The predicted octanol–water partition coefficient (Wildman–Crippen LogP) is 3.36. The van der Waals surface area contributed by atoms with Gasteiger partial charge in [0.15, 0.2) is 0 Å². The SMILES string of the molecule is Cc1ccc(NC(=O)C(OC(=O)C(=O)c2c(C)nn(C)c2C)c2ccccc2)c([N+](=O)[O-])c1. The minimum absolute atomic E-state index is 0.0575. The molecule has 0 aliphatic rings. The number of carbonyl (C=O) groups is 3. The van der Waals surface area contributed by atoms with Gasteiger partial charge in [-0.3, -0.25) is 24.4 Å². The second kappa shape index (κ2) is 9.43. The Morgan fingerprint density at radius 3 is 2.33 bits per heavy atom. The molecule has 1 amide bonds. The van der Waals surface area contributed by atoms with Gasteiger partial charge in [-0.1, -0.05) is 36.4 Å². The highest BCUT2D eigenvalue weighted by Gasteiger charge is 2.32. The van der Waals surface area contributed by atoms with Gasteiger partial charge in [0.1, 0.15) is 5.69 Å². The Hall–Kier alpha value is -4.34. The molecular weight excluding hydrogens is 428 g/mol. The molecule has 1 aromatic heterocycles. The summed E-state index contributed by atoms with van der Waals surface area (Å²) >= 11 is 0. The number of hydrogen-bond donors (Lipinski definition) is 1. The molecule has 0 saturated heterocycles. The number of nitrogens with zero attached hydrogens (tertiary/aromatic N) is 3. The number of nitro groups is 1. The van der Waals surface area contributed by atoms with Crippen LogP contribution in [0.25, 0.3) is 0 Å². The monoisotopic (exact) mass is 450 g/mol. The number of rotatable bonds is 7. The van der Waals surface area contributed by atoms with Crippen molar-refractivity contribution >= 4 is 29.0 Å². The summed E-state index contributed by atoms with van der Waals surface area (Å²) in [5, 5.41) is 18.0. The Kier molecular flexibility index (Phi) is 6.67. The molecule has 10 heteroatoms. The van der Waals surface area contributed by atoms with Crippen LogP contribution in [-0.2, 0) is 21.4 Å². The Balaban J connectivity index is 1.92. The first kappa shape index (κ1) is 23.3. The molecule has 0 aliphatic carbocycles. The minimum Gasteiger partial charge on any atom is -0.441 e. The molecule has 0 saturated carbocycles. The van der Waals surface area contributed by atoms with Gasteiger partial charge in [-0.05, 0) is 32.4 Å². The summed E-state index contributed by atoms with van der Waals surface area (Å²) in [6.45, 7) is 4.91. The smallest absolute Gasteiger partial charge is 0.380 e. The standard InChI is InChI=1S/C23H22N4O6/c1-13-10-11-17(18(12-13)27(31)32)24-22(29)21(16-8-6-5-7-9-16)33-23(30)20(28)19-14(2)25-26(4)15(19)3/h5-12,21H,1-4H3,(H,24,29). The molecule has 170 valence electrons. The van der Waals surface area contributed by atoms with Crippen LogP contribution in [0.5, 0.6) is 0 Å². The summed E-state index contributed by atoms with van der Waals surface area (Å²) in [5.41, 5.74) is 1.50. The number of ketones is 1. The first-order valence-corrected chi connectivity index (χ1v) is 9.96. The van der Waals surface area contributed by atoms with Crippen molar-refractivity contribution in [3.63, 3.8) is 0 Å². The van der Waals surface area contributed by atoms with Crippen molar-refractivity contribution in [3.8, 4) is 0 Å². The molecule has 0 bridgehead atoms. The largest absolute Gasteiger partial charge is 0.441 e. The number of amides is 1. The molecule has 10 nitrogen and oxygen atoms in total. The van der Waals surface area contributed by atoms with E-state index in [-0.39, 0.29) is 16.9 Å². The molecule has 0 fully saturated rings. The zero-order chi connectivity index (χ0) is 24.3. The van der Waals surface area contributed by atoms with Gasteiger partial charge in [0.05, 0.1) is 16.2 Å². The average molecular weight is 450 g/mol. The van der Waals surface area contributed by atoms with Gasteiger partial charge < -0.3 is 10.1 Å². The number of aromatic nitrogens is 2. The van der Waals surface area contributed by atoms with Crippen LogP contribution in [0.1, 0.15) is 39.0 Å². The fraction of sp³-hybridized carbons (Fsp3) is 0.217. The van der Waals surface area contributed by atoms with Crippen molar-refractivity contribution in [2.45, 2.75) is 26.9 Å². The Bertz CT molecular complexity index is 1250. The van der Waals surface area contributed by atoms with E-state index in [0.717, 1.165) is 0 Å². The van der Waals surface area contributed by atoms with Gasteiger partial charge in [-0.15, -0.1) is 0 Å². The lowest BCUT2D eigenvalue weighted by Gasteiger charge is -2.18. The summed E-state index contributed by atoms with van der Waals surface area (Å²) in [7, 11) is 1.64. The lowest BCUT2D eigenvalue weighted by Crippen LogP contribution is -2.29. The van der Waals surface area contributed by atoms with E-state index < -0.39 is 28.7 Å². The maximum absolute atomic E-state index is 13.1. The third kappa shape index (κ3) is 4.95. The number of benzene rings is 2. The molecule has 3 rings (SSSR count). The molecule has 0 aliphatic heterocycles. The van der Waals surface area contributed by atoms with E-state index in [1.165, 1.54) is 16.8 Å². The summed E-state index contributed by atoms with van der Waals surface area (Å²) < 4.78 is 6.79. The normalized spacial score (nSPS) is 11.5.